The van der Waals surface area contributed by atoms with Gasteiger partial charge in [0.05, 0.1) is 11.0 Å². The molecule has 0 aliphatic carbocycles. The van der Waals surface area contributed by atoms with Crippen LogP contribution in [0.2, 0.25) is 0 Å². The van der Waals surface area contributed by atoms with Gasteiger partial charge in [0.1, 0.15) is 11.2 Å². The molecule has 2 aromatic heterocycles. The van der Waals surface area contributed by atoms with Gasteiger partial charge in [-0.2, -0.15) is 0 Å². The van der Waals surface area contributed by atoms with Crippen molar-refractivity contribution in [3.8, 4) is 50.2 Å². The number of rotatable bonds is 8. The van der Waals surface area contributed by atoms with Crippen molar-refractivity contribution in [1.29, 1.82) is 0 Å². The van der Waals surface area contributed by atoms with Gasteiger partial charge in [0.2, 0.25) is 0 Å². The number of nitrogens with zero attached hydrogens (tertiary/aromatic N) is 1. The van der Waals surface area contributed by atoms with E-state index in [0.717, 1.165) is 87.6 Å². The number of furan rings is 1. The zero-order chi connectivity index (χ0) is 42.6. The molecule has 12 aromatic rings. The molecule has 12 rings (SSSR count). The Morgan fingerprint density at radius 1 is 0.328 bits per heavy atom. The van der Waals surface area contributed by atoms with Gasteiger partial charge >= 0.3 is 0 Å². The molecule has 0 amide bonds. The Hall–Kier alpha value is -7.97. The summed E-state index contributed by atoms with van der Waals surface area (Å²) in [5, 5.41) is 6.80. The fourth-order valence-electron chi connectivity index (χ4n) is 9.56. The van der Waals surface area contributed by atoms with Crippen LogP contribution in [-0.2, 0) is 4.57 Å². The summed E-state index contributed by atoms with van der Waals surface area (Å²) >= 11 is 0. The second-order valence-corrected chi connectivity index (χ2v) is 19.2. The quantitative estimate of drug-likeness (QED) is 0.143. The number of benzene rings is 10. The maximum atomic E-state index is 15.4. The second-order valence-electron chi connectivity index (χ2n) is 16.4. The van der Waals surface area contributed by atoms with Crippen molar-refractivity contribution in [2.75, 3.05) is 0 Å². The minimum atomic E-state index is -3.17. The van der Waals surface area contributed by atoms with Crippen LogP contribution >= 0.6 is 7.14 Å². The highest BCUT2D eigenvalue weighted by atomic mass is 31.2. The molecule has 3 nitrogen and oxygen atoms in total. The van der Waals surface area contributed by atoms with E-state index in [9.17, 15) is 0 Å². The van der Waals surface area contributed by atoms with Crippen LogP contribution in [-0.4, -0.2) is 4.57 Å². The fraction of sp³-hybridized carbons (Fsp3) is 0. The molecular weight excluding hydrogens is 798 g/mol. The molecule has 0 unspecified atom stereocenters. The van der Waals surface area contributed by atoms with Crippen LogP contribution in [0.4, 0.5) is 0 Å². The Morgan fingerprint density at radius 2 is 0.859 bits per heavy atom. The summed E-state index contributed by atoms with van der Waals surface area (Å²) in [5.74, 6) is 0. The van der Waals surface area contributed by atoms with Crippen LogP contribution in [0.3, 0.4) is 0 Å². The van der Waals surface area contributed by atoms with E-state index in [1.54, 1.807) is 0 Å². The summed E-state index contributed by atoms with van der Waals surface area (Å²) in [5.41, 5.74) is 14.1. The molecule has 10 aromatic carbocycles. The first-order chi connectivity index (χ1) is 31.6. The van der Waals surface area contributed by atoms with Crippen LogP contribution in [0, 0.1) is 0 Å². The topological polar surface area (TPSA) is 35.1 Å². The van der Waals surface area contributed by atoms with E-state index < -0.39 is 7.14 Å². The zero-order valence-electron chi connectivity index (χ0n) is 34.8. The Kier molecular flexibility index (Phi) is 9.11. The number of aromatic nitrogens is 1. The van der Waals surface area contributed by atoms with Crippen LogP contribution in [0.5, 0.6) is 0 Å². The smallest absolute Gasteiger partial charge is 0.171 e. The number of fused-ring (bicyclic) bond motifs is 6. The number of para-hydroxylation sites is 2. The molecule has 0 saturated heterocycles. The largest absolute Gasteiger partial charge is 0.455 e. The average molecular weight is 838 g/mol. The number of hydrogen-bond donors (Lipinski definition) is 0. The van der Waals surface area contributed by atoms with E-state index in [0.29, 0.717) is 0 Å². The van der Waals surface area contributed by atoms with E-state index >= 15 is 4.57 Å². The lowest BCUT2D eigenvalue weighted by Crippen LogP contribution is -2.24. The van der Waals surface area contributed by atoms with Gasteiger partial charge in [-0.1, -0.05) is 182 Å². The third kappa shape index (κ3) is 6.32. The average Bonchev–Trinajstić information content (AvgIpc) is 3.92. The molecule has 0 bridgehead atoms. The third-order valence-electron chi connectivity index (χ3n) is 12.7. The van der Waals surface area contributed by atoms with Crippen LogP contribution < -0.4 is 15.9 Å². The van der Waals surface area contributed by atoms with Gasteiger partial charge in [0.15, 0.2) is 7.14 Å². The summed E-state index contributed by atoms with van der Waals surface area (Å²) in [6.45, 7) is 0. The maximum Gasteiger partial charge on any atom is 0.171 e. The van der Waals surface area contributed by atoms with Gasteiger partial charge in [-0.25, -0.2) is 0 Å². The van der Waals surface area contributed by atoms with Crippen molar-refractivity contribution in [3.63, 3.8) is 0 Å². The van der Waals surface area contributed by atoms with Crippen molar-refractivity contribution >= 4 is 66.8 Å². The summed E-state index contributed by atoms with van der Waals surface area (Å²) in [6.07, 6.45) is 0. The molecule has 64 heavy (non-hydrogen) atoms. The highest BCUT2D eigenvalue weighted by Gasteiger charge is 2.30. The second kappa shape index (κ2) is 15.4. The third-order valence-corrected chi connectivity index (χ3v) is 15.7. The van der Waals surface area contributed by atoms with E-state index in [2.05, 4.69) is 187 Å². The lowest BCUT2D eigenvalue weighted by Gasteiger charge is -2.20. The highest BCUT2D eigenvalue weighted by Crippen LogP contribution is 2.45. The molecule has 0 saturated carbocycles. The molecule has 0 spiro atoms. The van der Waals surface area contributed by atoms with Crippen molar-refractivity contribution in [1.82, 2.24) is 4.57 Å². The standard InChI is InChI=1S/C60H40NO2P/c62-64(49-24-6-2-7-25-49,50-26-8-3-9-27-50)51-33-34-58-55(40-51)53-28-10-11-31-57(53)61(58)48-23-14-22-47(38-48)52-29-15-30-54-56-39-46(32-35-59(56)63-60(52)54)45-21-13-20-44(37-45)43-19-12-18-42(36-43)41-16-4-1-5-17-41/h1-40H. The minimum Gasteiger partial charge on any atom is -0.455 e. The van der Waals surface area contributed by atoms with Crippen molar-refractivity contribution in [3.05, 3.63) is 243 Å². The highest BCUT2D eigenvalue weighted by molar-refractivity contribution is 7.85. The first kappa shape index (κ1) is 37.8. The van der Waals surface area contributed by atoms with E-state index in [4.69, 9.17) is 4.42 Å². The summed E-state index contributed by atoms with van der Waals surface area (Å²) in [7, 11) is -3.17. The lowest BCUT2D eigenvalue weighted by molar-refractivity contribution is 0.592. The van der Waals surface area contributed by atoms with E-state index in [-0.39, 0.29) is 0 Å². The minimum absolute atomic E-state index is 0.815. The van der Waals surface area contributed by atoms with Crippen LogP contribution in [0.25, 0.3) is 93.9 Å². The van der Waals surface area contributed by atoms with Gasteiger partial charge < -0.3 is 13.5 Å². The predicted octanol–water partition coefficient (Wildman–Crippen LogP) is 15.0. The maximum absolute atomic E-state index is 15.4. The van der Waals surface area contributed by atoms with Gasteiger partial charge in [-0.15, -0.1) is 0 Å². The molecule has 0 N–H and O–H groups in total. The molecule has 4 heteroatoms. The van der Waals surface area contributed by atoms with Crippen LogP contribution in [0.1, 0.15) is 0 Å². The Bertz CT molecular complexity index is 3710. The predicted molar refractivity (Wildman–Crippen MR) is 269 cm³/mol. The van der Waals surface area contributed by atoms with E-state index in [1.807, 2.05) is 60.7 Å². The van der Waals surface area contributed by atoms with Gasteiger partial charge in [0, 0.05) is 48.7 Å². The molecule has 0 aliphatic rings. The summed E-state index contributed by atoms with van der Waals surface area (Å²) in [6, 6.07) is 84.4. The lowest BCUT2D eigenvalue weighted by atomic mass is 9.95. The summed E-state index contributed by atoms with van der Waals surface area (Å²) < 4.78 is 24.5. The molecular formula is C60H40NO2P. The van der Waals surface area contributed by atoms with Gasteiger partial charge in [-0.05, 0) is 99.6 Å². The molecule has 2 heterocycles. The molecule has 0 radical (unpaired) electrons. The van der Waals surface area contributed by atoms with E-state index in [1.165, 1.54) is 22.3 Å². The molecule has 302 valence electrons. The molecule has 0 fully saturated rings. The Balaban J connectivity index is 0.933. The fourth-order valence-corrected chi connectivity index (χ4v) is 12.2. The summed E-state index contributed by atoms with van der Waals surface area (Å²) in [4.78, 5) is 0. The number of hydrogen-bond acceptors (Lipinski definition) is 2. The first-order valence-corrected chi connectivity index (χ1v) is 23.4. The Labute approximate surface area is 371 Å². The molecule has 0 atom stereocenters. The zero-order valence-corrected chi connectivity index (χ0v) is 35.7. The SMILES string of the molecule is O=P(c1ccccc1)(c1ccccc1)c1ccc2c(c1)c1ccccc1n2-c1cccc(-c2cccc3c2oc2ccc(-c4cccc(-c5cccc(-c6ccccc6)c5)c4)cc23)c1. The van der Waals surface area contributed by atoms with Gasteiger partial charge in [0.25, 0.3) is 0 Å². The Morgan fingerprint density at radius 3 is 1.56 bits per heavy atom. The van der Waals surface area contributed by atoms with Crippen LogP contribution in [0.15, 0.2) is 247 Å². The monoisotopic (exact) mass is 837 g/mol. The normalized spacial score (nSPS) is 11.8. The van der Waals surface area contributed by atoms with Crippen molar-refractivity contribution in [2.45, 2.75) is 0 Å². The van der Waals surface area contributed by atoms with Crippen molar-refractivity contribution < 1.29 is 8.98 Å². The first-order valence-electron chi connectivity index (χ1n) is 21.7. The van der Waals surface area contributed by atoms with Gasteiger partial charge in [-0.3, -0.25) is 0 Å². The molecule has 0 aliphatic heterocycles. The van der Waals surface area contributed by atoms with Crippen molar-refractivity contribution in [2.24, 2.45) is 0 Å².